The molecule has 1 aromatic carbocycles. The quantitative estimate of drug-likeness (QED) is 0.871. The Balaban J connectivity index is 2.65. The number of hydrogen-bond acceptors (Lipinski definition) is 4. The molecule has 19 heavy (non-hydrogen) atoms. The van der Waals surface area contributed by atoms with Gasteiger partial charge in [0.2, 0.25) is 9.05 Å². The van der Waals surface area contributed by atoms with Crippen LogP contribution in [0, 0.1) is 0 Å². The van der Waals surface area contributed by atoms with Gasteiger partial charge in [0.15, 0.2) is 0 Å². The minimum atomic E-state index is -3.58. The van der Waals surface area contributed by atoms with E-state index in [9.17, 15) is 13.2 Å². The number of nitrogens with one attached hydrogen (secondary N) is 1. The van der Waals surface area contributed by atoms with E-state index in [-0.39, 0.29) is 5.75 Å². The van der Waals surface area contributed by atoms with Crippen molar-refractivity contribution in [2.45, 2.75) is 32.1 Å². The Morgan fingerprint density at radius 2 is 1.79 bits per heavy atom. The normalized spacial score (nSPS) is 12.0. The highest BCUT2D eigenvalue weighted by molar-refractivity contribution is 8.13. The molecule has 0 fully saturated rings. The van der Waals surface area contributed by atoms with Crippen LogP contribution in [0.25, 0.3) is 0 Å². The molecule has 0 aromatic heterocycles. The smallest absolute Gasteiger partial charge is 0.412 e. The van der Waals surface area contributed by atoms with Gasteiger partial charge in [0.05, 0.1) is 5.75 Å². The third-order valence-electron chi connectivity index (χ3n) is 1.94. The number of carbonyl (C=O) groups excluding carboxylic acids is 1. The molecule has 0 unspecified atom stereocenters. The molecule has 0 aliphatic rings. The number of amides is 1. The second-order valence-electron chi connectivity index (χ2n) is 5.01. The zero-order chi connectivity index (χ0) is 14.7. The second kappa shape index (κ2) is 5.79. The van der Waals surface area contributed by atoms with Crippen LogP contribution in [-0.2, 0) is 19.5 Å². The molecule has 0 spiro atoms. The Hall–Kier alpha value is -1.27. The Labute approximate surface area is 117 Å². The summed E-state index contributed by atoms with van der Waals surface area (Å²) in [7, 11) is 1.57. The average molecular weight is 306 g/mol. The zero-order valence-electron chi connectivity index (χ0n) is 10.9. The first kappa shape index (κ1) is 15.8. The van der Waals surface area contributed by atoms with Crippen LogP contribution in [0.3, 0.4) is 0 Å². The fourth-order valence-corrected chi connectivity index (χ4v) is 2.27. The van der Waals surface area contributed by atoms with Gasteiger partial charge < -0.3 is 4.74 Å². The third kappa shape index (κ3) is 7.03. The van der Waals surface area contributed by atoms with E-state index in [1.54, 1.807) is 45.0 Å². The molecule has 0 heterocycles. The number of anilines is 1. The molecule has 7 heteroatoms. The maximum Gasteiger partial charge on any atom is 0.412 e. The summed E-state index contributed by atoms with van der Waals surface area (Å²) >= 11 is 0. The first-order valence-electron chi connectivity index (χ1n) is 5.56. The van der Waals surface area contributed by atoms with Crippen LogP contribution >= 0.6 is 10.7 Å². The molecule has 0 saturated heterocycles. The van der Waals surface area contributed by atoms with Crippen LogP contribution < -0.4 is 5.32 Å². The molecule has 0 aliphatic heterocycles. The van der Waals surface area contributed by atoms with Crippen LogP contribution in [0.4, 0.5) is 10.5 Å². The average Bonchev–Trinajstić information content (AvgIpc) is 2.15. The predicted molar refractivity (Wildman–Crippen MR) is 74.8 cm³/mol. The lowest BCUT2D eigenvalue weighted by molar-refractivity contribution is 0.0636. The number of ether oxygens (including phenoxy) is 1. The van der Waals surface area contributed by atoms with Crippen molar-refractivity contribution in [1.29, 1.82) is 0 Å². The monoisotopic (exact) mass is 305 g/mol. The summed E-state index contributed by atoms with van der Waals surface area (Å²) in [6, 6.07) is 6.32. The third-order valence-corrected chi connectivity index (χ3v) is 2.94. The van der Waals surface area contributed by atoms with Gasteiger partial charge in [0.25, 0.3) is 0 Å². The molecule has 106 valence electrons. The van der Waals surface area contributed by atoms with Gasteiger partial charge in [-0.2, -0.15) is 0 Å². The van der Waals surface area contributed by atoms with Gasteiger partial charge in [-0.1, -0.05) is 12.1 Å². The van der Waals surface area contributed by atoms with E-state index in [0.717, 1.165) is 0 Å². The highest BCUT2D eigenvalue weighted by Crippen LogP contribution is 2.15. The van der Waals surface area contributed by atoms with Crippen LogP contribution in [0.5, 0.6) is 0 Å². The highest BCUT2D eigenvalue weighted by atomic mass is 35.7. The van der Waals surface area contributed by atoms with Crippen LogP contribution in [0.1, 0.15) is 26.3 Å². The molecule has 1 amide bonds. The zero-order valence-corrected chi connectivity index (χ0v) is 12.5. The van der Waals surface area contributed by atoms with E-state index >= 15 is 0 Å². The van der Waals surface area contributed by atoms with Gasteiger partial charge in [-0.15, -0.1) is 0 Å². The number of carbonyl (C=O) groups is 1. The molecule has 0 atom stereocenters. The molecule has 0 bridgehead atoms. The lowest BCUT2D eigenvalue weighted by Crippen LogP contribution is -2.27. The first-order valence-corrected chi connectivity index (χ1v) is 8.04. The maximum atomic E-state index is 11.5. The van der Waals surface area contributed by atoms with E-state index in [2.05, 4.69) is 5.32 Å². The van der Waals surface area contributed by atoms with Crippen LogP contribution in [0.15, 0.2) is 24.3 Å². The number of hydrogen-bond donors (Lipinski definition) is 1. The molecule has 1 aromatic rings. The Bertz CT molecular complexity index is 546. The van der Waals surface area contributed by atoms with Gasteiger partial charge in [-0.3, -0.25) is 5.32 Å². The molecule has 1 N–H and O–H groups in total. The van der Waals surface area contributed by atoms with E-state index < -0.39 is 20.7 Å². The predicted octanol–water partition coefficient (Wildman–Crippen LogP) is 3.10. The number of rotatable bonds is 3. The number of halogens is 1. The van der Waals surface area contributed by atoms with Crippen LogP contribution in [-0.4, -0.2) is 20.1 Å². The maximum absolute atomic E-state index is 11.5. The minimum absolute atomic E-state index is 0.249. The molecule has 1 rings (SSSR count). The van der Waals surface area contributed by atoms with Crippen molar-refractivity contribution in [3.63, 3.8) is 0 Å². The molecular formula is C12H16ClNO4S. The fourth-order valence-electron chi connectivity index (χ4n) is 1.30. The molecule has 0 radical (unpaired) electrons. The largest absolute Gasteiger partial charge is 0.444 e. The van der Waals surface area contributed by atoms with E-state index in [4.69, 9.17) is 15.4 Å². The van der Waals surface area contributed by atoms with Gasteiger partial charge in [-0.25, -0.2) is 13.2 Å². The van der Waals surface area contributed by atoms with Gasteiger partial charge in [-0.05, 0) is 38.5 Å². The van der Waals surface area contributed by atoms with Crippen LogP contribution in [0.2, 0.25) is 0 Å². The summed E-state index contributed by atoms with van der Waals surface area (Å²) in [6.07, 6.45) is -0.565. The summed E-state index contributed by atoms with van der Waals surface area (Å²) in [6.45, 7) is 5.29. The standard InChI is InChI=1S/C12H16ClNO4S/c1-12(2,3)18-11(15)14-10-6-4-9(5-7-10)8-19(13,16)17/h4-7H,8H2,1-3H3,(H,14,15). The summed E-state index contributed by atoms with van der Waals surface area (Å²) in [5.41, 5.74) is 0.492. The van der Waals surface area contributed by atoms with Crippen molar-refractivity contribution in [3.8, 4) is 0 Å². The van der Waals surface area contributed by atoms with E-state index in [0.29, 0.717) is 11.3 Å². The van der Waals surface area contributed by atoms with Gasteiger partial charge in [0.1, 0.15) is 5.60 Å². The van der Waals surface area contributed by atoms with E-state index in [1.807, 2.05) is 0 Å². The molecular weight excluding hydrogens is 290 g/mol. The highest BCUT2D eigenvalue weighted by Gasteiger charge is 2.16. The second-order valence-corrected chi connectivity index (χ2v) is 7.78. The lowest BCUT2D eigenvalue weighted by atomic mass is 10.2. The van der Waals surface area contributed by atoms with Gasteiger partial charge in [0, 0.05) is 16.4 Å². The van der Waals surface area contributed by atoms with Crippen molar-refractivity contribution in [2.24, 2.45) is 0 Å². The molecule has 5 nitrogen and oxygen atoms in total. The number of benzene rings is 1. The first-order chi connectivity index (χ1) is 8.55. The van der Waals surface area contributed by atoms with Crippen molar-refractivity contribution >= 4 is 31.5 Å². The summed E-state index contributed by atoms with van der Waals surface area (Å²) in [5, 5.41) is 2.54. The SMILES string of the molecule is CC(C)(C)OC(=O)Nc1ccc(CS(=O)(=O)Cl)cc1. The van der Waals surface area contributed by atoms with Crippen molar-refractivity contribution in [2.75, 3.05) is 5.32 Å². The molecule has 0 aliphatic carbocycles. The lowest BCUT2D eigenvalue weighted by Gasteiger charge is -2.19. The topological polar surface area (TPSA) is 72.5 Å². The Morgan fingerprint density at radius 3 is 2.21 bits per heavy atom. The van der Waals surface area contributed by atoms with Crippen molar-refractivity contribution < 1.29 is 17.9 Å². The Morgan fingerprint density at radius 1 is 1.26 bits per heavy atom. The summed E-state index contributed by atoms with van der Waals surface area (Å²) in [4.78, 5) is 11.5. The van der Waals surface area contributed by atoms with Crippen molar-refractivity contribution in [3.05, 3.63) is 29.8 Å². The molecule has 0 saturated carbocycles. The summed E-state index contributed by atoms with van der Waals surface area (Å²) in [5.74, 6) is -0.249. The summed E-state index contributed by atoms with van der Waals surface area (Å²) < 4.78 is 26.9. The Kier molecular flexibility index (Phi) is 4.81. The van der Waals surface area contributed by atoms with E-state index in [1.165, 1.54) is 0 Å². The van der Waals surface area contributed by atoms with Gasteiger partial charge >= 0.3 is 6.09 Å². The fraction of sp³-hybridized carbons (Fsp3) is 0.417. The minimum Gasteiger partial charge on any atom is -0.444 e. The van der Waals surface area contributed by atoms with Crippen molar-refractivity contribution in [1.82, 2.24) is 0 Å².